The zero-order chi connectivity index (χ0) is 19.5. The summed E-state index contributed by atoms with van der Waals surface area (Å²) in [5.41, 5.74) is 4.39. The topological polar surface area (TPSA) is 39.2 Å². The molecular formula is C24H18ClNO2. The van der Waals surface area contributed by atoms with E-state index < -0.39 is 5.97 Å². The highest BCUT2D eigenvalue weighted by Crippen LogP contribution is 2.38. The number of hydrogen-bond acceptors (Lipinski definition) is 3. The van der Waals surface area contributed by atoms with Crippen LogP contribution in [0.2, 0.25) is 5.02 Å². The van der Waals surface area contributed by atoms with Crippen molar-refractivity contribution in [1.82, 2.24) is 4.98 Å². The van der Waals surface area contributed by atoms with E-state index in [0.29, 0.717) is 16.3 Å². The summed E-state index contributed by atoms with van der Waals surface area (Å²) in [5, 5.41) is 1.41. The van der Waals surface area contributed by atoms with Crippen LogP contribution in [0.3, 0.4) is 0 Å². The summed E-state index contributed by atoms with van der Waals surface area (Å²) in [5.74, 6) is -0.394. The first-order chi connectivity index (χ1) is 13.7. The van der Waals surface area contributed by atoms with Crippen LogP contribution in [0.25, 0.3) is 33.3 Å². The molecule has 0 aliphatic heterocycles. The van der Waals surface area contributed by atoms with Crippen molar-refractivity contribution in [3.05, 3.63) is 89.4 Å². The van der Waals surface area contributed by atoms with E-state index in [4.69, 9.17) is 21.3 Å². The third-order valence-corrected chi connectivity index (χ3v) is 4.77. The number of rotatable bonds is 4. The number of carbonyl (C=O) groups excluding carboxylic acids is 1. The summed E-state index contributed by atoms with van der Waals surface area (Å²) in [6, 6.07) is 25.0. The highest BCUT2D eigenvalue weighted by Gasteiger charge is 2.24. The van der Waals surface area contributed by atoms with Gasteiger partial charge in [-0.1, -0.05) is 72.3 Å². The van der Waals surface area contributed by atoms with E-state index in [1.54, 1.807) is 6.92 Å². The number of nitrogens with zero attached hydrogens (tertiary/aromatic N) is 1. The van der Waals surface area contributed by atoms with Crippen LogP contribution in [0.5, 0.6) is 0 Å². The number of pyridine rings is 1. The van der Waals surface area contributed by atoms with Crippen LogP contribution in [0, 0.1) is 0 Å². The van der Waals surface area contributed by atoms with Crippen molar-refractivity contribution >= 4 is 28.5 Å². The van der Waals surface area contributed by atoms with Crippen molar-refractivity contribution in [2.24, 2.45) is 0 Å². The molecule has 4 aromatic rings. The van der Waals surface area contributed by atoms with Crippen LogP contribution in [-0.2, 0) is 4.74 Å². The van der Waals surface area contributed by atoms with Crippen molar-refractivity contribution in [2.45, 2.75) is 6.92 Å². The van der Waals surface area contributed by atoms with Crippen LogP contribution in [0.15, 0.2) is 78.9 Å². The molecule has 0 aliphatic rings. The lowest BCUT2D eigenvalue weighted by Crippen LogP contribution is -2.10. The van der Waals surface area contributed by atoms with Gasteiger partial charge in [0.05, 0.1) is 23.4 Å². The lowest BCUT2D eigenvalue weighted by atomic mass is 9.92. The number of benzene rings is 3. The molecule has 0 bridgehead atoms. The average Bonchev–Trinajstić information content (AvgIpc) is 2.74. The van der Waals surface area contributed by atoms with E-state index in [2.05, 4.69) is 0 Å². The Labute approximate surface area is 168 Å². The lowest BCUT2D eigenvalue weighted by molar-refractivity contribution is 0.0528. The number of hydrogen-bond donors (Lipinski definition) is 0. The Hall–Kier alpha value is -3.17. The van der Waals surface area contributed by atoms with Gasteiger partial charge in [-0.25, -0.2) is 9.78 Å². The van der Waals surface area contributed by atoms with Gasteiger partial charge in [0.1, 0.15) is 0 Å². The zero-order valence-corrected chi connectivity index (χ0v) is 16.1. The Balaban J connectivity index is 2.16. The van der Waals surface area contributed by atoms with Crippen molar-refractivity contribution in [3.8, 4) is 22.4 Å². The highest BCUT2D eigenvalue weighted by atomic mass is 35.5. The summed E-state index contributed by atoms with van der Waals surface area (Å²) in [7, 11) is 0. The van der Waals surface area contributed by atoms with E-state index >= 15 is 0 Å². The van der Waals surface area contributed by atoms with Crippen molar-refractivity contribution in [1.29, 1.82) is 0 Å². The molecule has 138 valence electrons. The molecule has 4 rings (SSSR count). The Morgan fingerprint density at radius 3 is 2.21 bits per heavy atom. The largest absolute Gasteiger partial charge is 0.462 e. The number of halogens is 1. The van der Waals surface area contributed by atoms with Crippen LogP contribution in [0.4, 0.5) is 0 Å². The van der Waals surface area contributed by atoms with Gasteiger partial charge in [0, 0.05) is 21.5 Å². The van der Waals surface area contributed by atoms with Gasteiger partial charge in [-0.3, -0.25) is 0 Å². The van der Waals surface area contributed by atoms with Gasteiger partial charge in [0.2, 0.25) is 0 Å². The molecule has 3 aromatic carbocycles. The molecule has 0 saturated carbocycles. The number of fused-ring (bicyclic) bond motifs is 1. The van der Waals surface area contributed by atoms with E-state index in [-0.39, 0.29) is 6.61 Å². The smallest absolute Gasteiger partial charge is 0.341 e. The van der Waals surface area contributed by atoms with E-state index in [9.17, 15) is 4.79 Å². The van der Waals surface area contributed by atoms with E-state index in [0.717, 1.165) is 27.6 Å². The zero-order valence-electron chi connectivity index (χ0n) is 15.4. The van der Waals surface area contributed by atoms with Crippen LogP contribution in [0.1, 0.15) is 17.3 Å². The molecule has 0 spiro atoms. The molecule has 4 heteroatoms. The predicted octanol–water partition coefficient (Wildman–Crippen LogP) is 6.40. The maximum absolute atomic E-state index is 13.1. The molecule has 0 atom stereocenters. The highest BCUT2D eigenvalue weighted by molar-refractivity contribution is 6.31. The first-order valence-electron chi connectivity index (χ1n) is 9.10. The second-order valence-corrected chi connectivity index (χ2v) is 6.76. The van der Waals surface area contributed by atoms with Gasteiger partial charge < -0.3 is 4.74 Å². The fraction of sp³-hybridized carbons (Fsp3) is 0.0833. The first kappa shape index (κ1) is 18.2. The minimum Gasteiger partial charge on any atom is -0.462 e. The average molecular weight is 388 g/mol. The Morgan fingerprint density at radius 1 is 0.929 bits per heavy atom. The number of esters is 1. The molecule has 0 N–H and O–H groups in total. The van der Waals surface area contributed by atoms with Crippen LogP contribution in [-0.4, -0.2) is 17.6 Å². The monoisotopic (exact) mass is 387 g/mol. The summed E-state index contributed by atoms with van der Waals surface area (Å²) in [6.07, 6.45) is 0. The quantitative estimate of drug-likeness (QED) is 0.380. The molecule has 0 amide bonds. The van der Waals surface area contributed by atoms with Gasteiger partial charge in [0.25, 0.3) is 0 Å². The van der Waals surface area contributed by atoms with Gasteiger partial charge in [-0.15, -0.1) is 0 Å². The van der Waals surface area contributed by atoms with Gasteiger partial charge in [-0.05, 0) is 30.7 Å². The van der Waals surface area contributed by atoms with Crippen molar-refractivity contribution in [3.63, 3.8) is 0 Å². The molecule has 1 heterocycles. The SMILES string of the molecule is CCOC(=O)c1c(-c2ccccc2)nc2ccc(Cl)cc2c1-c1ccccc1. The summed E-state index contributed by atoms with van der Waals surface area (Å²) in [4.78, 5) is 17.9. The maximum atomic E-state index is 13.1. The molecule has 28 heavy (non-hydrogen) atoms. The second-order valence-electron chi connectivity index (χ2n) is 6.32. The molecule has 0 aliphatic carbocycles. The summed E-state index contributed by atoms with van der Waals surface area (Å²) >= 11 is 6.28. The minimum absolute atomic E-state index is 0.287. The van der Waals surface area contributed by atoms with Crippen LogP contribution >= 0.6 is 11.6 Å². The molecule has 0 unspecified atom stereocenters. The Morgan fingerprint density at radius 2 is 1.57 bits per heavy atom. The lowest BCUT2D eigenvalue weighted by Gasteiger charge is -2.17. The molecule has 0 fully saturated rings. The fourth-order valence-corrected chi connectivity index (χ4v) is 3.52. The molecule has 1 aromatic heterocycles. The van der Waals surface area contributed by atoms with Gasteiger partial charge >= 0.3 is 5.97 Å². The van der Waals surface area contributed by atoms with Crippen molar-refractivity contribution < 1.29 is 9.53 Å². The molecular weight excluding hydrogens is 370 g/mol. The van der Waals surface area contributed by atoms with E-state index in [1.165, 1.54) is 0 Å². The first-order valence-corrected chi connectivity index (χ1v) is 9.48. The number of carbonyl (C=O) groups is 1. The second kappa shape index (κ2) is 7.83. The maximum Gasteiger partial charge on any atom is 0.341 e. The summed E-state index contributed by atoms with van der Waals surface area (Å²) in [6.45, 7) is 2.09. The third-order valence-electron chi connectivity index (χ3n) is 4.54. The van der Waals surface area contributed by atoms with Gasteiger partial charge in [-0.2, -0.15) is 0 Å². The predicted molar refractivity (Wildman–Crippen MR) is 114 cm³/mol. The molecule has 0 radical (unpaired) electrons. The minimum atomic E-state index is -0.394. The number of aromatic nitrogens is 1. The normalized spacial score (nSPS) is 10.8. The van der Waals surface area contributed by atoms with Crippen LogP contribution < -0.4 is 0 Å². The Bertz CT molecular complexity index is 1140. The summed E-state index contributed by atoms with van der Waals surface area (Å²) < 4.78 is 5.42. The molecule has 0 saturated heterocycles. The van der Waals surface area contributed by atoms with E-state index in [1.807, 2.05) is 78.9 Å². The Kier molecular flexibility index (Phi) is 5.09. The number of ether oxygens (including phenoxy) is 1. The molecule has 3 nitrogen and oxygen atoms in total. The fourth-order valence-electron chi connectivity index (χ4n) is 3.35. The standard InChI is InChI=1S/C24H18ClNO2/c1-2-28-24(27)22-21(16-9-5-3-6-10-16)19-15-18(25)13-14-20(19)26-23(22)17-11-7-4-8-12-17/h3-15H,2H2,1H3. The van der Waals surface area contributed by atoms with Crippen molar-refractivity contribution in [2.75, 3.05) is 6.61 Å². The third kappa shape index (κ3) is 3.37. The van der Waals surface area contributed by atoms with Gasteiger partial charge in [0.15, 0.2) is 0 Å².